The van der Waals surface area contributed by atoms with E-state index in [1.165, 1.54) is 18.1 Å². The van der Waals surface area contributed by atoms with Crippen LogP contribution < -0.4 is 10.6 Å². The zero-order valence-corrected chi connectivity index (χ0v) is 11.2. The van der Waals surface area contributed by atoms with Crippen LogP contribution in [0.2, 0.25) is 0 Å². The van der Waals surface area contributed by atoms with Crippen LogP contribution in [0, 0.1) is 5.82 Å². The summed E-state index contributed by atoms with van der Waals surface area (Å²) in [6, 6.07) is 7.74. The monoisotopic (exact) mass is 288 g/mol. The van der Waals surface area contributed by atoms with Gasteiger partial charge in [-0.05, 0) is 18.2 Å². The lowest BCUT2D eigenvalue weighted by atomic mass is 10.1. The van der Waals surface area contributed by atoms with E-state index in [2.05, 4.69) is 10.1 Å². The first kappa shape index (κ1) is 14.4. The predicted molar refractivity (Wildman–Crippen MR) is 75.9 cm³/mol. The van der Waals surface area contributed by atoms with E-state index in [0.29, 0.717) is 11.3 Å². The maximum Gasteiger partial charge on any atom is 0.259 e. The van der Waals surface area contributed by atoms with Crippen molar-refractivity contribution in [2.75, 3.05) is 11.9 Å². The minimum atomic E-state index is -0.598. The molecule has 0 aliphatic rings. The molecule has 0 unspecified atom stereocenters. The van der Waals surface area contributed by atoms with Crippen LogP contribution in [0.3, 0.4) is 0 Å². The van der Waals surface area contributed by atoms with Gasteiger partial charge >= 0.3 is 0 Å². The third-order valence-electron chi connectivity index (χ3n) is 2.91. The van der Waals surface area contributed by atoms with Crippen LogP contribution in [0.15, 0.2) is 47.9 Å². The van der Waals surface area contributed by atoms with E-state index < -0.39 is 11.7 Å². The summed E-state index contributed by atoms with van der Waals surface area (Å²) in [5, 5.41) is 11.7. The quantitative estimate of drug-likeness (QED) is 0.388. The van der Waals surface area contributed by atoms with Crippen molar-refractivity contribution < 1.29 is 14.4 Å². The van der Waals surface area contributed by atoms with Crippen LogP contribution in [-0.4, -0.2) is 29.0 Å². The van der Waals surface area contributed by atoms with Gasteiger partial charge in [0.2, 0.25) is 0 Å². The highest BCUT2D eigenvalue weighted by Gasteiger charge is 2.18. The number of anilines is 1. The highest BCUT2D eigenvalue weighted by Crippen LogP contribution is 2.21. The van der Waals surface area contributed by atoms with Crippen molar-refractivity contribution in [2.24, 2.45) is 10.9 Å². The van der Waals surface area contributed by atoms with E-state index in [1.54, 1.807) is 24.3 Å². The van der Waals surface area contributed by atoms with E-state index >= 15 is 0 Å². The molecule has 0 saturated heterocycles. The number of hydrogen-bond acceptors (Lipinski definition) is 4. The van der Waals surface area contributed by atoms with Crippen molar-refractivity contribution >= 4 is 17.4 Å². The van der Waals surface area contributed by atoms with E-state index in [9.17, 15) is 9.18 Å². The Bertz CT molecular complexity index is 703. The molecule has 2 aromatic rings. The maximum absolute atomic E-state index is 13.2. The largest absolute Gasteiger partial charge is 0.409 e. The number of aromatic nitrogens is 1. The number of carbonyl (C=O) groups excluding carboxylic acids is 1. The molecular weight excluding hydrogens is 275 g/mol. The van der Waals surface area contributed by atoms with Crippen LogP contribution in [0.4, 0.5) is 10.1 Å². The molecule has 0 radical (unpaired) electrons. The fraction of sp³-hybridized carbons (Fsp3) is 0.0714. The minimum absolute atomic E-state index is 0.104. The average Bonchev–Trinajstić information content (AvgIpc) is 2.52. The molecule has 1 aromatic heterocycles. The first-order valence-electron chi connectivity index (χ1n) is 6.00. The number of oxime groups is 1. The van der Waals surface area contributed by atoms with Crippen molar-refractivity contribution in [3.8, 4) is 0 Å². The molecule has 0 saturated carbocycles. The highest BCUT2D eigenvalue weighted by molar-refractivity contribution is 6.10. The van der Waals surface area contributed by atoms with Gasteiger partial charge < -0.3 is 15.8 Å². The number of rotatable bonds is 3. The summed E-state index contributed by atoms with van der Waals surface area (Å²) in [4.78, 5) is 17.3. The van der Waals surface area contributed by atoms with Crippen LogP contribution >= 0.6 is 0 Å². The molecule has 1 amide bonds. The Morgan fingerprint density at radius 1 is 1.38 bits per heavy atom. The molecule has 0 bridgehead atoms. The van der Waals surface area contributed by atoms with Crippen molar-refractivity contribution in [1.82, 2.24) is 4.98 Å². The van der Waals surface area contributed by atoms with Crippen molar-refractivity contribution in [3.05, 3.63) is 59.7 Å². The number of para-hydroxylation sites is 1. The number of nitrogens with two attached hydrogens (primary N) is 1. The van der Waals surface area contributed by atoms with Crippen molar-refractivity contribution in [3.63, 3.8) is 0 Å². The molecule has 1 aromatic carbocycles. The fourth-order valence-electron chi connectivity index (χ4n) is 1.87. The summed E-state index contributed by atoms with van der Waals surface area (Å²) in [5.74, 6) is -1.18. The Balaban J connectivity index is 2.41. The molecular formula is C14H13FN4O2. The molecule has 21 heavy (non-hydrogen) atoms. The Morgan fingerprint density at radius 3 is 2.76 bits per heavy atom. The van der Waals surface area contributed by atoms with Crippen LogP contribution in [0.1, 0.15) is 15.9 Å². The van der Waals surface area contributed by atoms with Gasteiger partial charge in [0, 0.05) is 18.8 Å². The Hall–Kier alpha value is -2.96. The Morgan fingerprint density at radius 2 is 2.10 bits per heavy atom. The molecule has 0 fully saturated rings. The van der Waals surface area contributed by atoms with E-state index in [4.69, 9.17) is 10.9 Å². The van der Waals surface area contributed by atoms with Crippen LogP contribution in [0.5, 0.6) is 0 Å². The summed E-state index contributed by atoms with van der Waals surface area (Å²) >= 11 is 0. The van der Waals surface area contributed by atoms with Gasteiger partial charge in [-0.2, -0.15) is 0 Å². The number of carbonyl (C=O) groups is 1. The number of benzene rings is 1. The lowest BCUT2D eigenvalue weighted by Gasteiger charge is -2.20. The second kappa shape index (κ2) is 6.00. The number of amidine groups is 1. The smallest absolute Gasteiger partial charge is 0.259 e. The highest BCUT2D eigenvalue weighted by atomic mass is 19.1. The Labute approximate surface area is 120 Å². The predicted octanol–water partition coefficient (Wildman–Crippen LogP) is 1.59. The fourth-order valence-corrected chi connectivity index (χ4v) is 1.87. The summed E-state index contributed by atoms with van der Waals surface area (Å²) in [5.41, 5.74) is 6.51. The molecule has 108 valence electrons. The SMILES string of the molecule is CN(C(=O)c1cncc(F)c1)c1ccccc1/C(N)=N/O. The second-order valence-corrected chi connectivity index (χ2v) is 4.26. The topological polar surface area (TPSA) is 91.8 Å². The first-order valence-corrected chi connectivity index (χ1v) is 6.00. The molecule has 3 N–H and O–H groups in total. The molecule has 0 aliphatic heterocycles. The van der Waals surface area contributed by atoms with Crippen LogP contribution in [0.25, 0.3) is 0 Å². The summed E-state index contributed by atoms with van der Waals surface area (Å²) in [6.45, 7) is 0. The van der Waals surface area contributed by atoms with Gasteiger partial charge in [-0.1, -0.05) is 17.3 Å². The van der Waals surface area contributed by atoms with Crippen molar-refractivity contribution in [1.29, 1.82) is 0 Å². The Kier molecular flexibility index (Phi) is 4.13. The van der Waals surface area contributed by atoms with Gasteiger partial charge in [0.15, 0.2) is 5.84 Å². The van der Waals surface area contributed by atoms with Crippen molar-refractivity contribution in [2.45, 2.75) is 0 Å². The van der Waals surface area contributed by atoms with Gasteiger partial charge in [0.05, 0.1) is 17.4 Å². The second-order valence-electron chi connectivity index (χ2n) is 4.26. The molecule has 7 heteroatoms. The number of amides is 1. The molecule has 2 rings (SSSR count). The van der Waals surface area contributed by atoms with Gasteiger partial charge in [-0.25, -0.2) is 4.39 Å². The number of halogens is 1. The van der Waals surface area contributed by atoms with E-state index in [-0.39, 0.29) is 11.4 Å². The van der Waals surface area contributed by atoms with E-state index in [0.717, 1.165) is 12.3 Å². The zero-order valence-electron chi connectivity index (χ0n) is 11.2. The summed E-state index contributed by atoms with van der Waals surface area (Å²) in [7, 11) is 1.51. The van der Waals surface area contributed by atoms with Gasteiger partial charge in [-0.15, -0.1) is 0 Å². The lowest BCUT2D eigenvalue weighted by molar-refractivity contribution is 0.0992. The molecule has 0 atom stereocenters. The number of nitrogens with zero attached hydrogens (tertiary/aromatic N) is 3. The number of pyridine rings is 1. The normalized spacial score (nSPS) is 11.2. The molecule has 6 nitrogen and oxygen atoms in total. The lowest BCUT2D eigenvalue weighted by Crippen LogP contribution is -2.29. The van der Waals surface area contributed by atoms with E-state index in [1.807, 2.05) is 0 Å². The average molecular weight is 288 g/mol. The number of hydrogen-bond donors (Lipinski definition) is 2. The van der Waals surface area contributed by atoms with Gasteiger partial charge in [0.1, 0.15) is 5.82 Å². The maximum atomic E-state index is 13.2. The van der Waals surface area contributed by atoms with Gasteiger partial charge in [0.25, 0.3) is 5.91 Å². The molecule has 0 aliphatic carbocycles. The standard InChI is InChI=1S/C14H13FN4O2/c1-19(14(20)9-6-10(15)8-17-7-9)12-5-3-2-4-11(12)13(16)18-21/h2-8,21H,1H3,(H2,16,18). The molecule has 1 heterocycles. The van der Waals surface area contributed by atoms with Gasteiger partial charge in [-0.3, -0.25) is 9.78 Å². The third kappa shape index (κ3) is 2.97. The summed E-state index contributed by atoms with van der Waals surface area (Å²) in [6.07, 6.45) is 2.29. The first-order chi connectivity index (χ1) is 10.0. The summed E-state index contributed by atoms with van der Waals surface area (Å²) < 4.78 is 13.2. The molecule has 0 spiro atoms. The zero-order chi connectivity index (χ0) is 15.4. The third-order valence-corrected chi connectivity index (χ3v) is 2.91. The van der Waals surface area contributed by atoms with Crippen LogP contribution in [-0.2, 0) is 0 Å². The minimum Gasteiger partial charge on any atom is -0.409 e.